The average molecular weight is 291 g/mol. The quantitative estimate of drug-likeness (QED) is 0.860. The standard InChI is InChI=1S/C16H25N3O2/c1-12-8-13(2)10-15(9-12)19(14(3)20)11-16(21)17-6-7-18(4)5/h8-10H,6-7,11H2,1-5H3,(H,17,21). The molecule has 0 aliphatic rings. The van der Waals surface area contributed by atoms with Gasteiger partial charge in [-0.25, -0.2) is 0 Å². The van der Waals surface area contributed by atoms with Crippen molar-refractivity contribution < 1.29 is 9.59 Å². The molecule has 0 heterocycles. The van der Waals surface area contributed by atoms with Crippen molar-refractivity contribution in [1.82, 2.24) is 10.2 Å². The molecule has 5 nitrogen and oxygen atoms in total. The van der Waals surface area contributed by atoms with Crippen LogP contribution in [0.3, 0.4) is 0 Å². The Kier molecular flexibility index (Phi) is 6.37. The van der Waals surface area contributed by atoms with E-state index in [1.54, 1.807) is 0 Å². The summed E-state index contributed by atoms with van der Waals surface area (Å²) in [4.78, 5) is 27.3. The second-order valence-corrected chi connectivity index (χ2v) is 5.60. The number of carbonyl (C=O) groups is 2. The van der Waals surface area contributed by atoms with Crippen molar-refractivity contribution in [3.63, 3.8) is 0 Å². The summed E-state index contributed by atoms with van der Waals surface area (Å²) >= 11 is 0. The van der Waals surface area contributed by atoms with Crippen LogP contribution in [-0.4, -0.2) is 50.4 Å². The van der Waals surface area contributed by atoms with Crippen molar-refractivity contribution in [2.24, 2.45) is 0 Å². The second kappa shape index (κ2) is 7.78. The lowest BCUT2D eigenvalue weighted by Crippen LogP contribution is -2.41. The molecule has 0 spiro atoms. The number of benzene rings is 1. The van der Waals surface area contributed by atoms with Gasteiger partial charge in [0.25, 0.3) is 0 Å². The molecule has 0 atom stereocenters. The van der Waals surface area contributed by atoms with Crippen molar-refractivity contribution in [3.05, 3.63) is 29.3 Å². The Morgan fingerprint density at radius 2 is 1.67 bits per heavy atom. The maximum absolute atomic E-state index is 12.0. The summed E-state index contributed by atoms with van der Waals surface area (Å²) in [6, 6.07) is 5.88. The highest BCUT2D eigenvalue weighted by Crippen LogP contribution is 2.18. The lowest BCUT2D eigenvalue weighted by molar-refractivity contribution is -0.123. The highest BCUT2D eigenvalue weighted by molar-refractivity contribution is 5.97. The summed E-state index contributed by atoms with van der Waals surface area (Å²) in [5.41, 5.74) is 2.91. The predicted molar refractivity (Wildman–Crippen MR) is 85.5 cm³/mol. The molecule has 1 rings (SSSR count). The monoisotopic (exact) mass is 291 g/mol. The van der Waals surface area contributed by atoms with Gasteiger partial charge in [0.05, 0.1) is 0 Å². The smallest absolute Gasteiger partial charge is 0.240 e. The van der Waals surface area contributed by atoms with Crippen molar-refractivity contribution in [2.45, 2.75) is 20.8 Å². The Hall–Kier alpha value is -1.88. The van der Waals surface area contributed by atoms with Gasteiger partial charge in [-0.3, -0.25) is 9.59 Å². The van der Waals surface area contributed by atoms with Crippen LogP contribution in [0.15, 0.2) is 18.2 Å². The van der Waals surface area contributed by atoms with Crippen LogP contribution in [0.2, 0.25) is 0 Å². The Morgan fingerprint density at radius 1 is 1.10 bits per heavy atom. The Labute approximate surface area is 126 Å². The number of nitrogens with zero attached hydrogens (tertiary/aromatic N) is 2. The van der Waals surface area contributed by atoms with Crippen LogP contribution >= 0.6 is 0 Å². The topological polar surface area (TPSA) is 52.7 Å². The number of likely N-dealkylation sites (N-methyl/N-ethyl adjacent to an activating group) is 1. The molecule has 0 bridgehead atoms. The van der Waals surface area contributed by atoms with Gasteiger partial charge in [-0.15, -0.1) is 0 Å². The molecule has 5 heteroatoms. The summed E-state index contributed by atoms with van der Waals surface area (Å²) < 4.78 is 0. The first-order chi connectivity index (χ1) is 9.79. The molecule has 0 saturated heterocycles. The second-order valence-electron chi connectivity index (χ2n) is 5.60. The number of hydrogen-bond donors (Lipinski definition) is 1. The normalized spacial score (nSPS) is 10.6. The van der Waals surface area contributed by atoms with E-state index in [2.05, 4.69) is 5.32 Å². The minimum atomic E-state index is -0.147. The van der Waals surface area contributed by atoms with Crippen LogP contribution in [0, 0.1) is 13.8 Å². The van der Waals surface area contributed by atoms with Gasteiger partial charge in [0.15, 0.2) is 0 Å². The average Bonchev–Trinajstić information content (AvgIpc) is 2.33. The predicted octanol–water partition coefficient (Wildman–Crippen LogP) is 1.33. The number of rotatable bonds is 6. The van der Waals surface area contributed by atoms with Gasteiger partial charge in [-0.1, -0.05) is 6.07 Å². The van der Waals surface area contributed by atoms with Crippen LogP contribution in [0.4, 0.5) is 5.69 Å². The molecule has 2 amide bonds. The minimum Gasteiger partial charge on any atom is -0.353 e. The first-order valence-electron chi connectivity index (χ1n) is 7.07. The molecule has 116 valence electrons. The molecule has 1 aromatic rings. The molecular formula is C16H25N3O2. The highest BCUT2D eigenvalue weighted by Gasteiger charge is 2.16. The number of amides is 2. The number of nitrogens with one attached hydrogen (secondary N) is 1. The molecule has 0 saturated carbocycles. The third-order valence-electron chi connectivity index (χ3n) is 3.08. The zero-order valence-corrected chi connectivity index (χ0v) is 13.6. The Bertz CT molecular complexity index is 492. The fourth-order valence-electron chi connectivity index (χ4n) is 2.11. The van der Waals surface area contributed by atoms with Crippen molar-refractivity contribution in [1.29, 1.82) is 0 Å². The van der Waals surface area contributed by atoms with E-state index in [1.165, 1.54) is 11.8 Å². The summed E-state index contributed by atoms with van der Waals surface area (Å²) in [5, 5.41) is 2.82. The number of anilines is 1. The summed E-state index contributed by atoms with van der Waals surface area (Å²) in [6.45, 7) is 6.83. The number of carbonyl (C=O) groups excluding carboxylic acids is 2. The lowest BCUT2D eigenvalue weighted by Gasteiger charge is -2.22. The van der Waals surface area contributed by atoms with Gasteiger partial charge >= 0.3 is 0 Å². The first-order valence-corrected chi connectivity index (χ1v) is 7.07. The molecule has 0 aliphatic carbocycles. The third-order valence-corrected chi connectivity index (χ3v) is 3.08. The van der Waals surface area contributed by atoms with Crippen LogP contribution in [0.1, 0.15) is 18.1 Å². The third kappa shape index (κ3) is 5.95. The van der Waals surface area contributed by atoms with Gasteiger partial charge < -0.3 is 15.1 Å². The van der Waals surface area contributed by atoms with Crippen LogP contribution < -0.4 is 10.2 Å². The van der Waals surface area contributed by atoms with Gasteiger partial charge in [0, 0.05) is 25.7 Å². The molecule has 1 aromatic carbocycles. The van der Waals surface area contributed by atoms with E-state index in [0.717, 1.165) is 23.4 Å². The largest absolute Gasteiger partial charge is 0.353 e. The maximum atomic E-state index is 12.0. The zero-order valence-electron chi connectivity index (χ0n) is 13.6. The highest BCUT2D eigenvalue weighted by atomic mass is 16.2. The van der Waals surface area contributed by atoms with Gasteiger partial charge in [0.1, 0.15) is 6.54 Å². The first kappa shape index (κ1) is 17.2. The SMILES string of the molecule is CC(=O)N(CC(=O)NCCN(C)C)c1cc(C)cc(C)c1. The maximum Gasteiger partial charge on any atom is 0.240 e. The lowest BCUT2D eigenvalue weighted by atomic mass is 10.1. The molecular weight excluding hydrogens is 266 g/mol. The van der Waals surface area contributed by atoms with Crippen LogP contribution in [0.5, 0.6) is 0 Å². The Morgan fingerprint density at radius 3 is 2.14 bits per heavy atom. The van der Waals surface area contributed by atoms with E-state index < -0.39 is 0 Å². The van der Waals surface area contributed by atoms with E-state index >= 15 is 0 Å². The van der Waals surface area contributed by atoms with E-state index in [9.17, 15) is 9.59 Å². The fraction of sp³-hybridized carbons (Fsp3) is 0.500. The summed E-state index contributed by atoms with van der Waals surface area (Å²) in [6.07, 6.45) is 0. The summed E-state index contributed by atoms with van der Waals surface area (Å²) in [5.74, 6) is -0.283. The molecule has 0 aliphatic heterocycles. The molecule has 21 heavy (non-hydrogen) atoms. The molecule has 0 unspecified atom stereocenters. The zero-order chi connectivity index (χ0) is 16.0. The summed E-state index contributed by atoms with van der Waals surface area (Å²) in [7, 11) is 3.90. The van der Waals surface area contributed by atoms with Crippen molar-refractivity contribution >= 4 is 17.5 Å². The number of hydrogen-bond acceptors (Lipinski definition) is 3. The van der Waals surface area contributed by atoms with Crippen LogP contribution in [-0.2, 0) is 9.59 Å². The van der Waals surface area contributed by atoms with Crippen LogP contribution in [0.25, 0.3) is 0 Å². The fourth-order valence-corrected chi connectivity index (χ4v) is 2.11. The van der Waals surface area contributed by atoms with E-state index in [-0.39, 0.29) is 18.4 Å². The molecule has 0 aromatic heterocycles. The van der Waals surface area contributed by atoms with Crippen molar-refractivity contribution in [2.75, 3.05) is 38.6 Å². The van der Waals surface area contributed by atoms with Gasteiger partial charge in [-0.05, 0) is 51.2 Å². The molecule has 1 N–H and O–H groups in total. The van der Waals surface area contributed by atoms with Gasteiger partial charge in [0.2, 0.25) is 11.8 Å². The number of aryl methyl sites for hydroxylation is 2. The van der Waals surface area contributed by atoms with E-state index in [1.807, 2.05) is 51.0 Å². The van der Waals surface area contributed by atoms with Crippen molar-refractivity contribution in [3.8, 4) is 0 Å². The minimum absolute atomic E-state index is 0.0473. The van der Waals surface area contributed by atoms with E-state index in [0.29, 0.717) is 6.54 Å². The molecule has 0 radical (unpaired) electrons. The molecule has 0 fully saturated rings. The Balaban J connectivity index is 2.74. The van der Waals surface area contributed by atoms with Gasteiger partial charge in [-0.2, -0.15) is 0 Å². The van der Waals surface area contributed by atoms with E-state index in [4.69, 9.17) is 0 Å².